The van der Waals surface area contributed by atoms with Gasteiger partial charge in [-0.15, -0.1) is 12.4 Å². The van der Waals surface area contributed by atoms with Crippen molar-refractivity contribution >= 4 is 24.0 Å². The molecule has 1 atom stereocenters. The molecule has 0 aliphatic rings. The van der Waals surface area contributed by atoms with E-state index in [1.807, 2.05) is 6.07 Å². The zero-order valence-electron chi connectivity index (χ0n) is 7.70. The van der Waals surface area contributed by atoms with E-state index in [2.05, 4.69) is 18.8 Å². The molecule has 0 bridgehead atoms. The molecule has 2 nitrogen and oxygen atoms in total. The topological polar surface area (TPSA) is 38.9 Å². The molecule has 0 aliphatic carbocycles. The van der Waals surface area contributed by atoms with Gasteiger partial charge in [0.05, 0.1) is 5.69 Å². The summed E-state index contributed by atoms with van der Waals surface area (Å²) in [6.45, 7) is 4.13. The smallest absolute Gasteiger partial charge is 0.0588 e. The molecule has 0 radical (unpaired) electrons. The molecule has 2 N–H and O–H groups in total. The Hall–Kier alpha value is -0.310. The van der Waals surface area contributed by atoms with E-state index in [0.717, 1.165) is 5.69 Å². The number of nitrogens with two attached hydrogens (primary N) is 1. The summed E-state index contributed by atoms with van der Waals surface area (Å²) in [5, 5.41) is 0.691. The fraction of sp³-hybridized carbons (Fsp3) is 0.444. The largest absolute Gasteiger partial charge is 0.322 e. The first-order valence-electron chi connectivity index (χ1n) is 3.98. The normalized spacial score (nSPS) is 12.4. The van der Waals surface area contributed by atoms with Gasteiger partial charge in [-0.3, -0.25) is 4.98 Å². The first-order chi connectivity index (χ1) is 5.61. The SMILES string of the molecule is CC(C)C(N)c1cc(Cl)ccn1.Cl. The van der Waals surface area contributed by atoms with Gasteiger partial charge in [0.25, 0.3) is 0 Å². The molecule has 0 aliphatic heterocycles. The summed E-state index contributed by atoms with van der Waals surface area (Å²) in [6, 6.07) is 3.54. The van der Waals surface area contributed by atoms with E-state index in [9.17, 15) is 0 Å². The third-order valence-electron chi connectivity index (χ3n) is 1.80. The van der Waals surface area contributed by atoms with Crippen LogP contribution in [0.3, 0.4) is 0 Å². The van der Waals surface area contributed by atoms with Crippen LogP contribution in [0.25, 0.3) is 0 Å². The fourth-order valence-corrected chi connectivity index (χ4v) is 1.11. The average molecular weight is 221 g/mol. The van der Waals surface area contributed by atoms with E-state index in [-0.39, 0.29) is 18.4 Å². The number of pyridine rings is 1. The molecular formula is C9H14Cl2N2. The summed E-state index contributed by atoms with van der Waals surface area (Å²) in [5.74, 6) is 0.385. The van der Waals surface area contributed by atoms with Gasteiger partial charge in [-0.1, -0.05) is 25.4 Å². The molecule has 0 saturated carbocycles. The Morgan fingerprint density at radius 2 is 2.08 bits per heavy atom. The van der Waals surface area contributed by atoms with Crippen LogP contribution in [0.1, 0.15) is 25.6 Å². The zero-order chi connectivity index (χ0) is 9.14. The number of hydrogen-bond donors (Lipinski definition) is 1. The van der Waals surface area contributed by atoms with E-state index >= 15 is 0 Å². The third kappa shape index (κ3) is 3.51. The maximum Gasteiger partial charge on any atom is 0.0588 e. The molecular weight excluding hydrogens is 207 g/mol. The lowest BCUT2D eigenvalue weighted by molar-refractivity contribution is 0.503. The Bertz CT molecular complexity index is 264. The minimum absolute atomic E-state index is 0. The number of hydrogen-bond acceptors (Lipinski definition) is 2. The van der Waals surface area contributed by atoms with Crippen molar-refractivity contribution in [1.29, 1.82) is 0 Å². The van der Waals surface area contributed by atoms with Crippen LogP contribution in [0.4, 0.5) is 0 Å². The molecule has 1 heterocycles. The number of halogens is 2. The van der Waals surface area contributed by atoms with E-state index < -0.39 is 0 Å². The summed E-state index contributed by atoms with van der Waals surface area (Å²) in [6.07, 6.45) is 1.68. The molecule has 1 unspecified atom stereocenters. The highest BCUT2D eigenvalue weighted by Crippen LogP contribution is 2.18. The molecule has 13 heavy (non-hydrogen) atoms. The zero-order valence-corrected chi connectivity index (χ0v) is 9.27. The van der Waals surface area contributed by atoms with Crippen LogP contribution in [0.15, 0.2) is 18.3 Å². The van der Waals surface area contributed by atoms with Crippen LogP contribution in [-0.4, -0.2) is 4.98 Å². The van der Waals surface area contributed by atoms with Crippen LogP contribution in [0.2, 0.25) is 5.02 Å². The van der Waals surface area contributed by atoms with Crippen molar-refractivity contribution in [1.82, 2.24) is 4.98 Å². The molecule has 1 aromatic heterocycles. The molecule has 0 fully saturated rings. The summed E-state index contributed by atoms with van der Waals surface area (Å²) in [7, 11) is 0. The Balaban J connectivity index is 0.00000144. The van der Waals surface area contributed by atoms with Gasteiger partial charge in [0.2, 0.25) is 0 Å². The summed E-state index contributed by atoms with van der Waals surface area (Å²) in [5.41, 5.74) is 6.74. The van der Waals surface area contributed by atoms with Crippen LogP contribution in [0, 0.1) is 5.92 Å². The highest BCUT2D eigenvalue weighted by atomic mass is 35.5. The third-order valence-corrected chi connectivity index (χ3v) is 2.04. The molecule has 74 valence electrons. The number of aromatic nitrogens is 1. The van der Waals surface area contributed by atoms with Crippen molar-refractivity contribution in [2.75, 3.05) is 0 Å². The Morgan fingerprint density at radius 1 is 1.46 bits per heavy atom. The van der Waals surface area contributed by atoms with E-state index in [1.165, 1.54) is 0 Å². The van der Waals surface area contributed by atoms with Gasteiger partial charge in [-0.2, -0.15) is 0 Å². The Morgan fingerprint density at radius 3 is 2.54 bits per heavy atom. The summed E-state index contributed by atoms with van der Waals surface area (Å²) < 4.78 is 0. The second-order valence-electron chi connectivity index (χ2n) is 3.17. The second kappa shape index (κ2) is 5.43. The van der Waals surface area contributed by atoms with Gasteiger partial charge in [-0.25, -0.2) is 0 Å². The molecule has 0 amide bonds. The molecule has 1 aromatic rings. The van der Waals surface area contributed by atoms with Crippen molar-refractivity contribution in [2.45, 2.75) is 19.9 Å². The van der Waals surface area contributed by atoms with Gasteiger partial charge in [-0.05, 0) is 18.1 Å². The summed E-state index contributed by atoms with van der Waals surface area (Å²) in [4.78, 5) is 4.15. The Kier molecular flexibility index (Phi) is 5.30. The lowest BCUT2D eigenvalue weighted by Crippen LogP contribution is -2.17. The lowest BCUT2D eigenvalue weighted by atomic mass is 10.0. The fourth-order valence-electron chi connectivity index (χ4n) is 0.945. The highest BCUT2D eigenvalue weighted by Gasteiger charge is 2.11. The summed E-state index contributed by atoms with van der Waals surface area (Å²) >= 11 is 5.80. The van der Waals surface area contributed by atoms with Gasteiger partial charge in [0.1, 0.15) is 0 Å². The maximum absolute atomic E-state index is 5.89. The minimum atomic E-state index is -0.0244. The average Bonchev–Trinajstić information content (AvgIpc) is 2.03. The van der Waals surface area contributed by atoms with Crippen molar-refractivity contribution < 1.29 is 0 Å². The van der Waals surface area contributed by atoms with E-state index in [0.29, 0.717) is 10.9 Å². The van der Waals surface area contributed by atoms with Crippen molar-refractivity contribution in [3.63, 3.8) is 0 Å². The van der Waals surface area contributed by atoms with Crippen LogP contribution >= 0.6 is 24.0 Å². The van der Waals surface area contributed by atoms with Gasteiger partial charge in [0, 0.05) is 17.3 Å². The first-order valence-corrected chi connectivity index (χ1v) is 4.36. The molecule has 0 aromatic carbocycles. The minimum Gasteiger partial charge on any atom is -0.322 e. The van der Waals surface area contributed by atoms with Gasteiger partial charge < -0.3 is 5.73 Å². The quantitative estimate of drug-likeness (QED) is 0.833. The van der Waals surface area contributed by atoms with E-state index in [1.54, 1.807) is 12.3 Å². The van der Waals surface area contributed by atoms with Crippen LogP contribution < -0.4 is 5.73 Å². The van der Waals surface area contributed by atoms with Gasteiger partial charge in [0.15, 0.2) is 0 Å². The predicted octanol–water partition coefficient (Wildman–Crippen LogP) is 2.81. The van der Waals surface area contributed by atoms with Crippen molar-refractivity contribution in [3.8, 4) is 0 Å². The maximum atomic E-state index is 5.89. The standard InChI is InChI=1S/C9H13ClN2.ClH/c1-6(2)9(11)8-5-7(10)3-4-12-8;/h3-6,9H,11H2,1-2H3;1H. The van der Waals surface area contributed by atoms with Crippen LogP contribution in [0.5, 0.6) is 0 Å². The van der Waals surface area contributed by atoms with E-state index in [4.69, 9.17) is 17.3 Å². The second-order valence-corrected chi connectivity index (χ2v) is 3.61. The van der Waals surface area contributed by atoms with Crippen molar-refractivity contribution in [3.05, 3.63) is 29.0 Å². The van der Waals surface area contributed by atoms with Gasteiger partial charge >= 0.3 is 0 Å². The monoisotopic (exact) mass is 220 g/mol. The molecule has 0 saturated heterocycles. The van der Waals surface area contributed by atoms with Crippen LogP contribution in [-0.2, 0) is 0 Å². The van der Waals surface area contributed by atoms with Crippen molar-refractivity contribution in [2.24, 2.45) is 11.7 Å². The Labute approximate surface area is 89.9 Å². The predicted molar refractivity (Wildman–Crippen MR) is 58.3 cm³/mol. The number of nitrogens with zero attached hydrogens (tertiary/aromatic N) is 1. The molecule has 1 rings (SSSR count). The highest BCUT2D eigenvalue weighted by molar-refractivity contribution is 6.30. The number of rotatable bonds is 2. The first kappa shape index (κ1) is 12.7. The molecule has 4 heteroatoms. The molecule has 0 spiro atoms. The lowest BCUT2D eigenvalue weighted by Gasteiger charge is -2.14.